The third-order valence-electron chi connectivity index (χ3n) is 5.50. The minimum atomic E-state index is 0.0110. The summed E-state index contributed by atoms with van der Waals surface area (Å²) < 4.78 is 1.95. The zero-order chi connectivity index (χ0) is 18.8. The van der Waals surface area contributed by atoms with Gasteiger partial charge in [-0.15, -0.1) is 16.4 Å². The van der Waals surface area contributed by atoms with Crippen LogP contribution in [0.5, 0.6) is 0 Å². The molecule has 4 heterocycles. The van der Waals surface area contributed by atoms with E-state index in [0.717, 1.165) is 75.1 Å². The van der Waals surface area contributed by atoms with Crippen LogP contribution < -0.4 is 5.32 Å². The fraction of sp³-hybridized carbons (Fsp3) is 0.667. The summed E-state index contributed by atoms with van der Waals surface area (Å²) >= 11 is 1.69. The summed E-state index contributed by atoms with van der Waals surface area (Å²) in [7, 11) is 0. The topological polar surface area (TPSA) is 79.2 Å². The van der Waals surface area contributed by atoms with Crippen LogP contribution in [0.4, 0.5) is 0 Å². The summed E-state index contributed by atoms with van der Waals surface area (Å²) in [6.45, 7) is 10.0. The first kappa shape index (κ1) is 18.5. The third kappa shape index (κ3) is 4.04. The van der Waals surface area contributed by atoms with E-state index >= 15 is 0 Å². The van der Waals surface area contributed by atoms with Gasteiger partial charge in [0.1, 0.15) is 0 Å². The van der Waals surface area contributed by atoms with Gasteiger partial charge >= 0.3 is 0 Å². The average molecular weight is 390 g/mol. The number of carbonyl (C=O) groups is 1. The van der Waals surface area contributed by atoms with Crippen LogP contribution >= 0.6 is 11.3 Å². The molecule has 2 fully saturated rings. The molecule has 8 nitrogen and oxygen atoms in total. The molecule has 2 saturated heterocycles. The lowest BCUT2D eigenvalue weighted by Gasteiger charge is -2.34. The Labute approximate surface area is 163 Å². The smallest absolute Gasteiger partial charge is 0.276 e. The predicted molar refractivity (Wildman–Crippen MR) is 104 cm³/mol. The monoisotopic (exact) mass is 389 g/mol. The highest BCUT2D eigenvalue weighted by Crippen LogP contribution is 2.21. The molecule has 0 saturated carbocycles. The van der Waals surface area contributed by atoms with E-state index in [1.807, 2.05) is 23.4 Å². The molecular formula is C18H27N7OS. The first-order valence-electron chi connectivity index (χ1n) is 9.67. The average Bonchev–Trinajstić information content (AvgIpc) is 3.28. The molecule has 1 N–H and O–H groups in total. The Morgan fingerprint density at radius 2 is 1.96 bits per heavy atom. The number of carbonyl (C=O) groups excluding carboxylic acids is 1. The quantitative estimate of drug-likeness (QED) is 0.847. The van der Waals surface area contributed by atoms with E-state index in [-0.39, 0.29) is 5.91 Å². The van der Waals surface area contributed by atoms with Gasteiger partial charge < -0.3 is 10.2 Å². The molecule has 2 aliphatic rings. The summed E-state index contributed by atoms with van der Waals surface area (Å²) in [5.41, 5.74) is 2.53. The van der Waals surface area contributed by atoms with Crippen LogP contribution in [-0.4, -0.2) is 75.0 Å². The van der Waals surface area contributed by atoms with Crippen molar-refractivity contribution in [1.29, 1.82) is 0 Å². The zero-order valence-electron chi connectivity index (χ0n) is 16.0. The highest BCUT2D eigenvalue weighted by molar-refractivity contribution is 7.09. The summed E-state index contributed by atoms with van der Waals surface area (Å²) in [6, 6.07) is 0.346. The maximum atomic E-state index is 13.0. The van der Waals surface area contributed by atoms with E-state index in [1.165, 1.54) is 0 Å². The lowest BCUT2D eigenvalue weighted by molar-refractivity contribution is 0.0620. The summed E-state index contributed by atoms with van der Waals surface area (Å²) in [5.74, 6) is 0.0110. The van der Waals surface area contributed by atoms with E-state index in [1.54, 1.807) is 11.3 Å². The number of thiazole rings is 1. The van der Waals surface area contributed by atoms with Crippen LogP contribution in [0.1, 0.15) is 45.8 Å². The Hall–Kier alpha value is -1.84. The maximum Gasteiger partial charge on any atom is 0.276 e. The van der Waals surface area contributed by atoms with Crippen molar-refractivity contribution in [2.45, 2.75) is 39.3 Å². The van der Waals surface area contributed by atoms with Crippen molar-refractivity contribution in [3.8, 4) is 0 Å². The van der Waals surface area contributed by atoms with Crippen molar-refractivity contribution >= 4 is 17.2 Å². The fourth-order valence-corrected chi connectivity index (χ4v) is 4.51. The Kier molecular flexibility index (Phi) is 5.51. The number of piperazine rings is 1. The minimum Gasteiger partial charge on any atom is -0.335 e. The van der Waals surface area contributed by atoms with E-state index in [4.69, 9.17) is 0 Å². The molecule has 2 aliphatic heterocycles. The molecule has 0 radical (unpaired) electrons. The molecule has 1 amide bonds. The lowest BCUT2D eigenvalue weighted by Crippen LogP contribution is -2.48. The summed E-state index contributed by atoms with van der Waals surface area (Å²) in [6.07, 6.45) is 2.07. The standard InChI is InChI=1S/C18H27N7OS/c1-13-17(21-22-25(13)16-3-5-19-6-4-16)18(26)24-9-7-23(8-10-24)11-15-12-27-14(2)20-15/h12,16,19H,3-11H2,1-2H3. The number of nitrogens with one attached hydrogen (secondary N) is 1. The molecule has 9 heteroatoms. The highest BCUT2D eigenvalue weighted by atomic mass is 32.1. The van der Waals surface area contributed by atoms with Crippen molar-refractivity contribution in [3.05, 3.63) is 27.5 Å². The lowest BCUT2D eigenvalue weighted by atomic mass is 10.1. The van der Waals surface area contributed by atoms with E-state index in [0.29, 0.717) is 11.7 Å². The number of piperidine rings is 1. The summed E-state index contributed by atoms with van der Waals surface area (Å²) in [5, 5.41) is 15.1. The van der Waals surface area contributed by atoms with Crippen LogP contribution in [0.15, 0.2) is 5.38 Å². The normalized spacial score (nSPS) is 19.6. The second-order valence-corrected chi connectivity index (χ2v) is 8.44. The Morgan fingerprint density at radius 1 is 1.22 bits per heavy atom. The Morgan fingerprint density at radius 3 is 2.63 bits per heavy atom. The SMILES string of the molecule is Cc1nc(CN2CCN(C(=O)c3nnn(C4CCNCC4)c3C)CC2)cs1. The second-order valence-electron chi connectivity index (χ2n) is 7.38. The van der Waals surface area contributed by atoms with Gasteiger partial charge in [0, 0.05) is 38.1 Å². The second kappa shape index (κ2) is 8.04. The van der Waals surface area contributed by atoms with Gasteiger partial charge in [-0.25, -0.2) is 9.67 Å². The number of hydrogen-bond donors (Lipinski definition) is 1. The molecule has 0 aliphatic carbocycles. The Bertz CT molecular complexity index is 787. The van der Waals surface area contributed by atoms with Gasteiger partial charge in [-0.2, -0.15) is 0 Å². The van der Waals surface area contributed by atoms with Gasteiger partial charge in [0.25, 0.3) is 5.91 Å². The Balaban J connectivity index is 1.36. The molecule has 2 aromatic heterocycles. The van der Waals surface area contributed by atoms with Crippen LogP contribution in [0.25, 0.3) is 0 Å². The van der Waals surface area contributed by atoms with Crippen LogP contribution in [-0.2, 0) is 6.54 Å². The van der Waals surface area contributed by atoms with Crippen LogP contribution in [0.2, 0.25) is 0 Å². The van der Waals surface area contributed by atoms with Gasteiger partial charge in [0.15, 0.2) is 5.69 Å². The highest BCUT2D eigenvalue weighted by Gasteiger charge is 2.28. The van der Waals surface area contributed by atoms with Gasteiger partial charge in [-0.05, 0) is 39.8 Å². The molecule has 0 atom stereocenters. The van der Waals surface area contributed by atoms with Gasteiger partial charge in [0.2, 0.25) is 0 Å². The third-order valence-corrected chi connectivity index (χ3v) is 6.32. The van der Waals surface area contributed by atoms with Crippen molar-refractivity contribution in [2.24, 2.45) is 0 Å². The van der Waals surface area contributed by atoms with Crippen LogP contribution in [0, 0.1) is 13.8 Å². The maximum absolute atomic E-state index is 13.0. The fourth-order valence-electron chi connectivity index (χ4n) is 3.91. The molecule has 27 heavy (non-hydrogen) atoms. The number of amides is 1. The number of aryl methyl sites for hydroxylation is 1. The number of rotatable bonds is 4. The van der Waals surface area contributed by atoms with E-state index in [2.05, 4.69) is 30.9 Å². The molecule has 0 spiro atoms. The van der Waals surface area contributed by atoms with Gasteiger partial charge in [-0.3, -0.25) is 9.69 Å². The van der Waals surface area contributed by atoms with Gasteiger partial charge in [0.05, 0.1) is 22.4 Å². The molecule has 4 rings (SSSR count). The van der Waals surface area contributed by atoms with Crippen molar-refractivity contribution in [1.82, 2.24) is 35.1 Å². The van der Waals surface area contributed by atoms with Crippen molar-refractivity contribution in [2.75, 3.05) is 39.3 Å². The molecule has 0 bridgehead atoms. The molecule has 0 aromatic carbocycles. The summed E-state index contributed by atoms with van der Waals surface area (Å²) in [4.78, 5) is 21.8. The van der Waals surface area contributed by atoms with Crippen molar-refractivity contribution in [3.63, 3.8) is 0 Å². The first-order chi connectivity index (χ1) is 13.1. The predicted octanol–water partition coefficient (Wildman–Crippen LogP) is 1.23. The number of nitrogens with zero attached hydrogens (tertiary/aromatic N) is 6. The number of hydrogen-bond acceptors (Lipinski definition) is 7. The number of aromatic nitrogens is 4. The van der Waals surface area contributed by atoms with E-state index in [9.17, 15) is 4.79 Å². The first-order valence-corrected chi connectivity index (χ1v) is 10.5. The molecular weight excluding hydrogens is 362 g/mol. The largest absolute Gasteiger partial charge is 0.335 e. The zero-order valence-corrected chi connectivity index (χ0v) is 16.8. The molecule has 2 aromatic rings. The van der Waals surface area contributed by atoms with Crippen LogP contribution in [0.3, 0.4) is 0 Å². The minimum absolute atomic E-state index is 0.0110. The molecule has 146 valence electrons. The van der Waals surface area contributed by atoms with E-state index < -0.39 is 0 Å². The van der Waals surface area contributed by atoms with Gasteiger partial charge in [-0.1, -0.05) is 5.21 Å². The van der Waals surface area contributed by atoms with Crippen molar-refractivity contribution < 1.29 is 4.79 Å². The molecule has 0 unspecified atom stereocenters.